The fourth-order valence-electron chi connectivity index (χ4n) is 5.42. The van der Waals surface area contributed by atoms with Crippen molar-refractivity contribution >= 4 is 52.4 Å². The van der Waals surface area contributed by atoms with Crippen LogP contribution in [0, 0.1) is 0 Å². The maximum Gasteiger partial charge on any atom is 0.416 e. The van der Waals surface area contributed by atoms with Crippen molar-refractivity contribution in [1.82, 2.24) is 20.0 Å². The van der Waals surface area contributed by atoms with Crippen LogP contribution < -0.4 is 10.1 Å². The third-order valence-corrected chi connectivity index (χ3v) is 8.56. The number of hydrogen-bond donors (Lipinski definition) is 1. The summed E-state index contributed by atoms with van der Waals surface area (Å²) < 4.78 is 46.9. The number of ether oxygens (including phenoxy) is 1. The molecule has 2 heterocycles. The first-order valence-corrected chi connectivity index (χ1v) is 15.2. The van der Waals surface area contributed by atoms with E-state index in [1.54, 1.807) is 48.0 Å². The Morgan fingerprint density at radius 3 is 2.07 bits per heavy atom. The maximum absolute atomic E-state index is 14.5. The number of carbonyl (C=O) groups excluding carboxylic acids is 1. The molecule has 3 aromatic carbocycles. The first kappa shape index (κ1) is 31.9. The number of benzene rings is 3. The van der Waals surface area contributed by atoms with Crippen LogP contribution in [-0.4, -0.2) is 71.5 Å². The Morgan fingerprint density at radius 1 is 0.955 bits per heavy atom. The van der Waals surface area contributed by atoms with Gasteiger partial charge in [0.15, 0.2) is 5.11 Å². The minimum atomic E-state index is -4.58. The van der Waals surface area contributed by atoms with Crippen molar-refractivity contribution in [3.05, 3.63) is 99.0 Å². The molecule has 2 amide bonds. The van der Waals surface area contributed by atoms with Crippen molar-refractivity contribution in [2.45, 2.75) is 25.2 Å². The predicted octanol–water partition coefficient (Wildman–Crippen LogP) is 7.20. The largest absolute Gasteiger partial charge is 0.493 e. The minimum Gasteiger partial charge on any atom is -0.493 e. The number of halogens is 5. The van der Waals surface area contributed by atoms with E-state index in [-0.39, 0.29) is 29.8 Å². The van der Waals surface area contributed by atoms with E-state index in [0.29, 0.717) is 41.3 Å². The van der Waals surface area contributed by atoms with Crippen molar-refractivity contribution in [2.24, 2.45) is 4.99 Å². The molecule has 0 spiro atoms. The summed E-state index contributed by atoms with van der Waals surface area (Å²) in [5.74, 6) is 0.190. The molecule has 0 saturated carbocycles. The number of nitrogens with one attached hydrogen (secondary N) is 1. The van der Waals surface area contributed by atoms with Gasteiger partial charge in [0, 0.05) is 43.3 Å². The van der Waals surface area contributed by atoms with Crippen molar-refractivity contribution in [1.29, 1.82) is 0 Å². The van der Waals surface area contributed by atoms with E-state index in [2.05, 4.69) is 5.32 Å². The Balaban J connectivity index is 1.65. The van der Waals surface area contributed by atoms with Crippen LogP contribution in [-0.2, 0) is 6.18 Å². The number of hydrogen-bond acceptors (Lipinski definition) is 4. The molecule has 1 fully saturated rings. The molecule has 2 unspecified atom stereocenters. The Labute approximate surface area is 269 Å². The number of rotatable bonds is 5. The van der Waals surface area contributed by atoms with Crippen LogP contribution in [0.1, 0.15) is 41.3 Å². The molecule has 0 bridgehead atoms. The van der Waals surface area contributed by atoms with Gasteiger partial charge in [0.05, 0.1) is 23.8 Å². The van der Waals surface area contributed by atoms with E-state index < -0.39 is 23.8 Å². The minimum absolute atomic E-state index is 0.0188. The third-order valence-electron chi connectivity index (χ3n) is 7.60. The zero-order chi connectivity index (χ0) is 31.6. The fourth-order valence-corrected chi connectivity index (χ4v) is 5.86. The number of thiocarbonyl (C=S) groups is 1. The summed E-state index contributed by atoms with van der Waals surface area (Å²) in [6, 6.07) is 15.9. The van der Waals surface area contributed by atoms with Gasteiger partial charge in [-0.25, -0.2) is 4.79 Å². The highest BCUT2D eigenvalue weighted by Crippen LogP contribution is 2.46. The van der Waals surface area contributed by atoms with E-state index in [1.807, 2.05) is 29.2 Å². The Bertz CT molecular complexity index is 1550. The van der Waals surface area contributed by atoms with E-state index >= 15 is 0 Å². The normalized spacial score (nSPS) is 18.7. The van der Waals surface area contributed by atoms with Gasteiger partial charge in [-0.3, -0.25) is 9.89 Å². The van der Waals surface area contributed by atoms with Gasteiger partial charge in [0.1, 0.15) is 17.6 Å². The van der Waals surface area contributed by atoms with Crippen molar-refractivity contribution in [3.8, 4) is 5.75 Å². The van der Waals surface area contributed by atoms with Crippen LogP contribution in [0.5, 0.6) is 5.75 Å². The van der Waals surface area contributed by atoms with Crippen molar-refractivity contribution < 1.29 is 22.7 Å². The topological polar surface area (TPSA) is 60.4 Å². The number of amidine groups is 1. The van der Waals surface area contributed by atoms with Crippen molar-refractivity contribution in [2.75, 3.05) is 39.8 Å². The molecule has 2 aliphatic rings. The zero-order valence-corrected chi connectivity index (χ0v) is 26.3. The van der Waals surface area contributed by atoms with E-state index in [4.69, 9.17) is 45.1 Å². The molecule has 1 N–H and O–H groups in total. The Morgan fingerprint density at radius 2 is 1.52 bits per heavy atom. The van der Waals surface area contributed by atoms with Gasteiger partial charge in [-0.05, 0) is 72.7 Å². The molecule has 3 aromatic rings. The summed E-state index contributed by atoms with van der Waals surface area (Å²) in [7, 11) is 1.75. The lowest BCUT2D eigenvalue weighted by molar-refractivity contribution is -0.137. The highest BCUT2D eigenvalue weighted by Gasteiger charge is 2.45. The number of carbonyl (C=O) groups is 1. The van der Waals surface area contributed by atoms with Crippen LogP contribution in [0.3, 0.4) is 0 Å². The average molecular weight is 665 g/mol. The molecule has 2 aliphatic heterocycles. The molecule has 0 aliphatic carbocycles. The smallest absolute Gasteiger partial charge is 0.416 e. The lowest BCUT2D eigenvalue weighted by atomic mass is 9.93. The predicted molar refractivity (Wildman–Crippen MR) is 170 cm³/mol. The molecule has 0 aromatic heterocycles. The number of nitrogens with zero attached hydrogens (tertiary/aromatic N) is 4. The third kappa shape index (κ3) is 6.60. The summed E-state index contributed by atoms with van der Waals surface area (Å²) >= 11 is 17.8. The highest BCUT2D eigenvalue weighted by atomic mass is 35.5. The highest BCUT2D eigenvalue weighted by molar-refractivity contribution is 7.80. The number of piperazine rings is 1. The second-order valence-electron chi connectivity index (χ2n) is 10.3. The lowest BCUT2D eigenvalue weighted by Crippen LogP contribution is -2.56. The molecular formula is C31H30Cl2F3N5O2S. The molecular weight excluding hydrogens is 634 g/mol. The first-order valence-electron chi connectivity index (χ1n) is 14.0. The lowest BCUT2D eigenvalue weighted by Gasteiger charge is -2.39. The van der Waals surface area contributed by atoms with E-state index in [1.165, 1.54) is 6.07 Å². The van der Waals surface area contributed by atoms with Crippen molar-refractivity contribution in [3.63, 3.8) is 0 Å². The monoisotopic (exact) mass is 663 g/mol. The first-order chi connectivity index (χ1) is 21.0. The molecule has 5 rings (SSSR count). The van der Waals surface area contributed by atoms with Gasteiger partial charge in [-0.1, -0.05) is 47.5 Å². The van der Waals surface area contributed by atoms with Gasteiger partial charge in [0.25, 0.3) is 0 Å². The second-order valence-corrected chi connectivity index (χ2v) is 11.5. The molecule has 232 valence electrons. The molecule has 7 nitrogen and oxygen atoms in total. The summed E-state index contributed by atoms with van der Waals surface area (Å²) in [6.07, 6.45) is -4.58. The summed E-state index contributed by atoms with van der Waals surface area (Å²) in [6.45, 7) is 3.60. The number of aliphatic imine (C=N–C) groups is 1. The Hall–Kier alpha value is -3.54. The second kappa shape index (κ2) is 13.2. The molecule has 1 saturated heterocycles. The standard InChI is InChI=1S/C31H30Cl2F3N5O2S/c1-3-43-25-18-21(31(34,35)36)8-13-24(25)28-38-26(19-4-9-22(32)10-5-19)27(20-6-11-23(33)12-7-20)41(28)30(42)40-16-14-39(15-17-40)29(44)37-2/h4-13,18,26-27H,3,14-17H2,1-2H3,(H,37,44). The van der Waals surface area contributed by atoms with Crippen LogP contribution in [0.2, 0.25) is 10.0 Å². The summed E-state index contributed by atoms with van der Waals surface area (Å²) in [5.41, 5.74) is 0.942. The maximum atomic E-state index is 14.5. The van der Waals surface area contributed by atoms with Gasteiger partial charge in [0.2, 0.25) is 0 Å². The molecule has 44 heavy (non-hydrogen) atoms. The van der Waals surface area contributed by atoms with E-state index in [0.717, 1.165) is 23.3 Å². The van der Waals surface area contributed by atoms with E-state index in [9.17, 15) is 18.0 Å². The molecule has 13 heteroatoms. The number of amides is 2. The van der Waals surface area contributed by atoms with Gasteiger partial charge < -0.3 is 19.9 Å². The molecule has 2 atom stereocenters. The number of urea groups is 1. The number of alkyl halides is 3. The van der Waals surface area contributed by atoms with Crippen LogP contribution >= 0.6 is 35.4 Å². The quantitative estimate of drug-likeness (QED) is 0.293. The SMILES string of the molecule is CCOc1cc(C(F)(F)F)ccc1C1=NC(c2ccc(Cl)cc2)C(c2ccc(Cl)cc2)N1C(=O)N1CCN(C(=S)NC)CC1. The summed E-state index contributed by atoms with van der Waals surface area (Å²) in [5, 5.41) is 4.61. The van der Waals surface area contributed by atoms with Crippen LogP contribution in [0.4, 0.5) is 18.0 Å². The van der Waals surface area contributed by atoms with Crippen LogP contribution in [0.25, 0.3) is 0 Å². The molecule has 0 radical (unpaired) electrons. The Kier molecular flexibility index (Phi) is 9.57. The van der Waals surface area contributed by atoms with Gasteiger partial charge in [-0.15, -0.1) is 0 Å². The fraction of sp³-hybridized carbons (Fsp3) is 0.323. The average Bonchev–Trinajstić information content (AvgIpc) is 3.41. The zero-order valence-electron chi connectivity index (χ0n) is 23.9. The van der Waals surface area contributed by atoms with Crippen LogP contribution in [0.15, 0.2) is 71.7 Å². The summed E-state index contributed by atoms with van der Waals surface area (Å²) in [4.78, 5) is 24.8. The van der Waals surface area contributed by atoms with Gasteiger partial charge >= 0.3 is 12.2 Å². The van der Waals surface area contributed by atoms with Gasteiger partial charge in [-0.2, -0.15) is 13.2 Å².